The molecule has 94 valence electrons. The van der Waals surface area contributed by atoms with Crippen LogP contribution >= 0.6 is 0 Å². The number of aryl methyl sites for hydroxylation is 1. The van der Waals surface area contributed by atoms with Crippen molar-refractivity contribution in [2.24, 2.45) is 11.7 Å². The van der Waals surface area contributed by atoms with E-state index in [0.717, 1.165) is 0 Å². The maximum atomic E-state index is 13.1. The van der Waals surface area contributed by atoms with Crippen molar-refractivity contribution >= 4 is 0 Å². The van der Waals surface area contributed by atoms with Crippen LogP contribution in [0.15, 0.2) is 18.2 Å². The number of halogens is 1. The molecule has 0 bridgehead atoms. The fourth-order valence-electron chi connectivity index (χ4n) is 2.42. The van der Waals surface area contributed by atoms with Gasteiger partial charge in [-0.1, -0.05) is 12.8 Å². The van der Waals surface area contributed by atoms with Crippen LogP contribution in [0.4, 0.5) is 4.39 Å². The van der Waals surface area contributed by atoms with Crippen molar-refractivity contribution in [1.82, 2.24) is 0 Å². The minimum Gasteiger partial charge on any atom is -0.492 e. The Morgan fingerprint density at radius 1 is 1.41 bits per heavy atom. The predicted molar refractivity (Wildman–Crippen MR) is 66.6 cm³/mol. The van der Waals surface area contributed by atoms with E-state index in [4.69, 9.17) is 10.5 Å². The highest BCUT2D eigenvalue weighted by Crippen LogP contribution is 2.27. The highest BCUT2D eigenvalue weighted by Gasteiger charge is 2.22. The highest BCUT2D eigenvalue weighted by molar-refractivity contribution is 5.28. The first kappa shape index (κ1) is 12.4. The standard InChI is InChI=1S/C14H20FNO/c1-10-8-12(6-7-13(10)15)17-9-14(16)11-4-2-3-5-11/h6-8,11,14H,2-5,9,16H2,1H3. The number of benzene rings is 1. The van der Waals surface area contributed by atoms with Gasteiger partial charge in [0, 0.05) is 6.04 Å². The van der Waals surface area contributed by atoms with Gasteiger partial charge in [-0.25, -0.2) is 4.39 Å². The third kappa shape index (κ3) is 3.19. The van der Waals surface area contributed by atoms with Crippen LogP contribution in [0.25, 0.3) is 0 Å². The second kappa shape index (κ2) is 5.50. The van der Waals surface area contributed by atoms with E-state index in [1.54, 1.807) is 19.1 Å². The van der Waals surface area contributed by atoms with Crippen LogP contribution in [0.5, 0.6) is 5.75 Å². The molecular formula is C14H20FNO. The van der Waals surface area contributed by atoms with Crippen LogP contribution < -0.4 is 10.5 Å². The summed E-state index contributed by atoms with van der Waals surface area (Å²) in [7, 11) is 0. The average molecular weight is 237 g/mol. The van der Waals surface area contributed by atoms with E-state index in [0.29, 0.717) is 23.8 Å². The number of ether oxygens (including phenoxy) is 1. The summed E-state index contributed by atoms with van der Waals surface area (Å²) in [5.74, 6) is 1.10. The SMILES string of the molecule is Cc1cc(OCC(N)C2CCCC2)ccc1F. The third-order valence-electron chi connectivity index (χ3n) is 3.58. The maximum Gasteiger partial charge on any atom is 0.126 e. The Labute approximate surface area is 102 Å². The summed E-state index contributed by atoms with van der Waals surface area (Å²) in [5, 5.41) is 0. The van der Waals surface area contributed by atoms with Gasteiger partial charge in [0.15, 0.2) is 0 Å². The maximum absolute atomic E-state index is 13.1. The Kier molecular flexibility index (Phi) is 4.00. The van der Waals surface area contributed by atoms with E-state index in [9.17, 15) is 4.39 Å². The number of rotatable bonds is 4. The van der Waals surface area contributed by atoms with Gasteiger partial charge in [0.1, 0.15) is 18.2 Å². The zero-order valence-electron chi connectivity index (χ0n) is 10.3. The zero-order valence-corrected chi connectivity index (χ0v) is 10.3. The predicted octanol–water partition coefficient (Wildman–Crippen LogP) is 3.03. The molecule has 1 saturated carbocycles. The molecule has 2 nitrogen and oxygen atoms in total. The van der Waals surface area contributed by atoms with Crippen molar-refractivity contribution in [3.05, 3.63) is 29.6 Å². The van der Waals surface area contributed by atoms with E-state index >= 15 is 0 Å². The molecule has 17 heavy (non-hydrogen) atoms. The molecule has 2 rings (SSSR count). The Morgan fingerprint density at radius 2 is 2.12 bits per heavy atom. The quantitative estimate of drug-likeness (QED) is 0.873. The summed E-state index contributed by atoms with van der Waals surface area (Å²) >= 11 is 0. The molecule has 1 atom stereocenters. The molecule has 1 aliphatic carbocycles. The molecule has 1 unspecified atom stereocenters. The minimum atomic E-state index is -0.197. The first-order valence-corrected chi connectivity index (χ1v) is 6.31. The topological polar surface area (TPSA) is 35.2 Å². The van der Waals surface area contributed by atoms with Crippen LogP contribution in [0.3, 0.4) is 0 Å². The first-order chi connectivity index (χ1) is 8.16. The molecule has 0 amide bonds. The molecule has 2 N–H and O–H groups in total. The molecule has 0 aromatic heterocycles. The fraction of sp³-hybridized carbons (Fsp3) is 0.571. The van der Waals surface area contributed by atoms with Crippen molar-refractivity contribution in [1.29, 1.82) is 0 Å². The van der Waals surface area contributed by atoms with Gasteiger partial charge in [0.05, 0.1) is 0 Å². The van der Waals surface area contributed by atoms with Gasteiger partial charge in [-0.2, -0.15) is 0 Å². The molecule has 1 aromatic carbocycles. The summed E-state index contributed by atoms with van der Waals surface area (Å²) in [6, 6.07) is 4.91. The van der Waals surface area contributed by atoms with Crippen molar-refractivity contribution in [2.45, 2.75) is 38.6 Å². The van der Waals surface area contributed by atoms with Gasteiger partial charge in [-0.3, -0.25) is 0 Å². The summed E-state index contributed by atoms with van der Waals surface area (Å²) in [6.07, 6.45) is 5.00. The van der Waals surface area contributed by atoms with Gasteiger partial charge in [0.25, 0.3) is 0 Å². The summed E-state index contributed by atoms with van der Waals surface area (Å²) in [5.41, 5.74) is 6.70. The molecule has 0 aliphatic heterocycles. The van der Waals surface area contributed by atoms with Crippen LogP contribution in [-0.2, 0) is 0 Å². The van der Waals surface area contributed by atoms with Crippen molar-refractivity contribution in [2.75, 3.05) is 6.61 Å². The molecule has 0 heterocycles. The molecule has 3 heteroatoms. The second-order valence-electron chi connectivity index (χ2n) is 4.93. The van der Waals surface area contributed by atoms with Crippen LogP contribution in [0.1, 0.15) is 31.2 Å². The molecule has 1 aromatic rings. The van der Waals surface area contributed by atoms with Gasteiger partial charge in [-0.05, 0) is 49.4 Å². The lowest BCUT2D eigenvalue weighted by molar-refractivity contribution is 0.247. The fourth-order valence-corrected chi connectivity index (χ4v) is 2.42. The third-order valence-corrected chi connectivity index (χ3v) is 3.58. The molecule has 0 spiro atoms. The minimum absolute atomic E-state index is 0.0999. The highest BCUT2D eigenvalue weighted by atomic mass is 19.1. The number of hydrogen-bond acceptors (Lipinski definition) is 2. The van der Waals surface area contributed by atoms with E-state index in [2.05, 4.69) is 0 Å². The molecule has 0 saturated heterocycles. The van der Waals surface area contributed by atoms with E-state index in [-0.39, 0.29) is 11.9 Å². The van der Waals surface area contributed by atoms with E-state index in [1.807, 2.05) is 0 Å². The summed E-state index contributed by atoms with van der Waals surface area (Å²) < 4.78 is 18.7. The zero-order chi connectivity index (χ0) is 12.3. The van der Waals surface area contributed by atoms with Gasteiger partial charge < -0.3 is 10.5 Å². The Morgan fingerprint density at radius 3 is 2.76 bits per heavy atom. The normalized spacial score (nSPS) is 18.3. The molecule has 0 radical (unpaired) electrons. The monoisotopic (exact) mass is 237 g/mol. The van der Waals surface area contributed by atoms with E-state index in [1.165, 1.54) is 31.7 Å². The lowest BCUT2D eigenvalue weighted by Crippen LogP contribution is -2.34. The number of hydrogen-bond donors (Lipinski definition) is 1. The van der Waals surface area contributed by atoms with Gasteiger partial charge in [-0.15, -0.1) is 0 Å². The lowest BCUT2D eigenvalue weighted by atomic mass is 10.00. The number of nitrogens with two attached hydrogens (primary N) is 1. The van der Waals surface area contributed by atoms with Gasteiger partial charge in [0.2, 0.25) is 0 Å². The van der Waals surface area contributed by atoms with Gasteiger partial charge >= 0.3 is 0 Å². The molecular weight excluding hydrogens is 217 g/mol. The Hall–Kier alpha value is -1.09. The summed E-state index contributed by atoms with van der Waals surface area (Å²) in [4.78, 5) is 0. The van der Waals surface area contributed by atoms with E-state index < -0.39 is 0 Å². The van der Waals surface area contributed by atoms with Crippen LogP contribution in [0.2, 0.25) is 0 Å². The van der Waals surface area contributed by atoms with Crippen LogP contribution in [0, 0.1) is 18.7 Å². The average Bonchev–Trinajstić information content (AvgIpc) is 2.84. The second-order valence-corrected chi connectivity index (χ2v) is 4.93. The smallest absolute Gasteiger partial charge is 0.126 e. The van der Waals surface area contributed by atoms with Crippen molar-refractivity contribution in [3.8, 4) is 5.75 Å². The lowest BCUT2D eigenvalue weighted by Gasteiger charge is -2.19. The molecule has 1 fully saturated rings. The molecule has 1 aliphatic rings. The Balaban J connectivity index is 1.86. The summed E-state index contributed by atoms with van der Waals surface area (Å²) in [6.45, 7) is 2.26. The first-order valence-electron chi connectivity index (χ1n) is 6.31. The van der Waals surface area contributed by atoms with Crippen molar-refractivity contribution in [3.63, 3.8) is 0 Å². The largest absolute Gasteiger partial charge is 0.492 e. The van der Waals surface area contributed by atoms with Crippen molar-refractivity contribution < 1.29 is 9.13 Å². The Bertz CT molecular complexity index is 374. The van der Waals surface area contributed by atoms with Crippen LogP contribution in [-0.4, -0.2) is 12.6 Å².